The van der Waals surface area contributed by atoms with Crippen LogP contribution in [0.3, 0.4) is 0 Å². The third-order valence-electron chi connectivity index (χ3n) is 5.24. The Morgan fingerprint density at radius 2 is 2.17 bits per heavy atom. The van der Waals surface area contributed by atoms with E-state index >= 15 is 0 Å². The highest BCUT2D eigenvalue weighted by molar-refractivity contribution is 6.34. The van der Waals surface area contributed by atoms with Crippen molar-refractivity contribution >= 4 is 22.9 Å². The van der Waals surface area contributed by atoms with Crippen LogP contribution in [0.2, 0.25) is 5.02 Å². The van der Waals surface area contributed by atoms with E-state index in [9.17, 15) is 9.18 Å². The standard InChI is InChI=1S/C20H21ClFN5O2/c1-3-17(28)12-5-4-6-18(15(22)7-12)29-20-19-14(21)9-24-27(19)11-16(25-20)13-8-23-26(2)10-13/h3,8-12,15,18H,1,4-7H2,2H3/t12?,15-,18-/m0/s1. The first-order valence-electron chi connectivity index (χ1n) is 9.46. The predicted octanol–water partition coefficient (Wildman–Crippen LogP) is 3.81. The molecule has 29 heavy (non-hydrogen) atoms. The maximum atomic E-state index is 15.0. The van der Waals surface area contributed by atoms with E-state index in [-0.39, 0.29) is 24.0 Å². The van der Waals surface area contributed by atoms with Crippen molar-refractivity contribution in [2.75, 3.05) is 0 Å². The molecule has 0 spiro atoms. The Bertz CT molecular complexity index is 1060. The Balaban J connectivity index is 1.67. The van der Waals surface area contributed by atoms with Crippen LogP contribution in [-0.4, -0.2) is 42.4 Å². The Morgan fingerprint density at radius 1 is 1.34 bits per heavy atom. The van der Waals surface area contributed by atoms with E-state index in [0.717, 1.165) is 5.56 Å². The van der Waals surface area contributed by atoms with E-state index in [0.29, 0.717) is 35.5 Å². The zero-order valence-electron chi connectivity index (χ0n) is 16.0. The average molecular weight is 418 g/mol. The number of hydrogen-bond acceptors (Lipinski definition) is 5. The van der Waals surface area contributed by atoms with Crippen LogP contribution in [0.25, 0.3) is 16.8 Å². The number of alkyl halides is 1. The molecule has 152 valence electrons. The van der Waals surface area contributed by atoms with Crippen molar-refractivity contribution in [1.82, 2.24) is 24.4 Å². The van der Waals surface area contributed by atoms with Crippen molar-refractivity contribution in [1.29, 1.82) is 0 Å². The van der Waals surface area contributed by atoms with Gasteiger partial charge in [-0.1, -0.05) is 18.2 Å². The molecule has 0 aromatic carbocycles. The fourth-order valence-electron chi connectivity index (χ4n) is 3.71. The van der Waals surface area contributed by atoms with Gasteiger partial charge in [0.1, 0.15) is 17.8 Å². The number of carbonyl (C=O) groups excluding carboxylic acids is 1. The third-order valence-corrected chi connectivity index (χ3v) is 5.52. The third kappa shape index (κ3) is 3.89. The summed E-state index contributed by atoms with van der Waals surface area (Å²) in [5.74, 6) is -0.259. The molecule has 3 atom stereocenters. The Morgan fingerprint density at radius 3 is 2.90 bits per heavy atom. The molecule has 9 heteroatoms. The summed E-state index contributed by atoms with van der Waals surface area (Å²) in [6, 6.07) is 0. The van der Waals surface area contributed by atoms with Crippen LogP contribution >= 0.6 is 11.6 Å². The van der Waals surface area contributed by atoms with Gasteiger partial charge in [0.2, 0.25) is 5.88 Å². The van der Waals surface area contributed by atoms with E-state index in [1.165, 1.54) is 12.3 Å². The lowest BCUT2D eigenvalue weighted by molar-refractivity contribution is -0.119. The minimum Gasteiger partial charge on any atom is -0.470 e. The number of rotatable bonds is 5. The quantitative estimate of drug-likeness (QED) is 0.466. The number of fused-ring (bicyclic) bond motifs is 1. The number of halogens is 2. The normalized spacial score (nSPS) is 22.4. The molecular weight excluding hydrogens is 397 g/mol. The second-order valence-electron chi connectivity index (χ2n) is 7.26. The summed E-state index contributed by atoms with van der Waals surface area (Å²) in [7, 11) is 1.81. The Hall–Kier alpha value is -2.74. The summed E-state index contributed by atoms with van der Waals surface area (Å²) in [5.41, 5.74) is 1.85. The molecule has 1 saturated carbocycles. The summed E-state index contributed by atoms with van der Waals surface area (Å²) in [5, 5.41) is 8.77. The molecule has 1 aliphatic carbocycles. The zero-order valence-corrected chi connectivity index (χ0v) is 16.7. The molecule has 0 saturated heterocycles. The van der Waals surface area contributed by atoms with Gasteiger partial charge in [-0.05, 0) is 31.8 Å². The van der Waals surface area contributed by atoms with Crippen molar-refractivity contribution in [2.45, 2.75) is 38.0 Å². The predicted molar refractivity (Wildman–Crippen MR) is 107 cm³/mol. The minimum absolute atomic E-state index is 0.112. The largest absolute Gasteiger partial charge is 0.470 e. The van der Waals surface area contributed by atoms with Gasteiger partial charge in [-0.25, -0.2) is 13.9 Å². The number of aryl methyl sites for hydroxylation is 1. The molecule has 0 N–H and O–H groups in total. The number of nitrogens with zero attached hydrogens (tertiary/aromatic N) is 5. The van der Waals surface area contributed by atoms with E-state index in [2.05, 4.69) is 21.8 Å². The molecule has 0 bridgehead atoms. The SMILES string of the molecule is C=CC(=O)C1CCC[C@H](Oc2nc(-c3cnn(C)c3)cn3ncc(Cl)c23)[C@@H](F)C1. The maximum absolute atomic E-state index is 15.0. The molecular formula is C20H21ClFN5O2. The molecule has 1 aliphatic rings. The van der Waals surface area contributed by atoms with Crippen molar-refractivity contribution < 1.29 is 13.9 Å². The number of hydrogen-bond donors (Lipinski definition) is 0. The van der Waals surface area contributed by atoms with Crippen LogP contribution < -0.4 is 4.74 Å². The first kappa shape index (κ1) is 19.6. The molecule has 3 aromatic rings. The lowest BCUT2D eigenvalue weighted by Crippen LogP contribution is -2.29. The van der Waals surface area contributed by atoms with Crippen LogP contribution in [0.4, 0.5) is 4.39 Å². The molecule has 0 radical (unpaired) electrons. The number of ether oxygens (including phenoxy) is 1. The van der Waals surface area contributed by atoms with Crippen molar-refractivity contribution in [3.63, 3.8) is 0 Å². The van der Waals surface area contributed by atoms with Gasteiger partial charge in [0.25, 0.3) is 0 Å². The van der Waals surface area contributed by atoms with E-state index in [4.69, 9.17) is 16.3 Å². The second-order valence-corrected chi connectivity index (χ2v) is 7.67. The van der Waals surface area contributed by atoms with Crippen LogP contribution in [0.1, 0.15) is 25.7 Å². The van der Waals surface area contributed by atoms with Crippen LogP contribution in [0.15, 0.2) is 37.4 Å². The van der Waals surface area contributed by atoms with Gasteiger partial charge in [0.15, 0.2) is 5.78 Å². The van der Waals surface area contributed by atoms with Gasteiger partial charge >= 0.3 is 0 Å². The van der Waals surface area contributed by atoms with Crippen molar-refractivity contribution in [3.05, 3.63) is 42.5 Å². The fraction of sp³-hybridized carbons (Fsp3) is 0.400. The molecule has 3 aromatic heterocycles. The van der Waals surface area contributed by atoms with Crippen molar-refractivity contribution in [2.24, 2.45) is 13.0 Å². The zero-order chi connectivity index (χ0) is 20.5. The van der Waals surface area contributed by atoms with Gasteiger partial charge in [-0.2, -0.15) is 10.2 Å². The number of ketones is 1. The molecule has 0 amide bonds. The molecule has 0 aliphatic heterocycles. The van der Waals surface area contributed by atoms with Crippen LogP contribution in [-0.2, 0) is 11.8 Å². The topological polar surface area (TPSA) is 74.3 Å². The number of aromatic nitrogens is 5. The molecule has 7 nitrogen and oxygen atoms in total. The van der Waals surface area contributed by atoms with Crippen molar-refractivity contribution in [3.8, 4) is 17.1 Å². The monoisotopic (exact) mass is 417 g/mol. The maximum Gasteiger partial charge on any atom is 0.242 e. The minimum atomic E-state index is -1.29. The summed E-state index contributed by atoms with van der Waals surface area (Å²) in [6.45, 7) is 3.51. The fourth-order valence-corrected chi connectivity index (χ4v) is 3.92. The van der Waals surface area contributed by atoms with Crippen LogP contribution in [0.5, 0.6) is 5.88 Å². The Labute approximate surface area is 172 Å². The highest BCUT2D eigenvalue weighted by Gasteiger charge is 2.33. The number of allylic oxidation sites excluding steroid dienone is 1. The van der Waals surface area contributed by atoms with E-state index in [1.807, 2.05) is 13.2 Å². The van der Waals surface area contributed by atoms with Gasteiger partial charge in [-0.3, -0.25) is 9.48 Å². The van der Waals surface area contributed by atoms with Crippen LogP contribution in [0, 0.1) is 5.92 Å². The average Bonchev–Trinajstić information content (AvgIpc) is 3.26. The summed E-state index contributed by atoms with van der Waals surface area (Å²) < 4.78 is 24.3. The second kappa shape index (κ2) is 7.94. The first-order valence-corrected chi connectivity index (χ1v) is 9.84. The van der Waals surface area contributed by atoms with Gasteiger partial charge < -0.3 is 4.74 Å². The lowest BCUT2D eigenvalue weighted by atomic mass is 9.95. The molecule has 1 unspecified atom stereocenters. The summed E-state index contributed by atoms with van der Waals surface area (Å²) in [4.78, 5) is 16.5. The number of carbonyl (C=O) groups is 1. The van der Waals surface area contributed by atoms with Gasteiger partial charge in [0, 0.05) is 24.7 Å². The summed E-state index contributed by atoms with van der Waals surface area (Å²) >= 11 is 6.28. The lowest BCUT2D eigenvalue weighted by Gasteiger charge is -2.21. The van der Waals surface area contributed by atoms with Gasteiger partial charge in [0.05, 0.1) is 29.3 Å². The first-order chi connectivity index (χ1) is 14.0. The van der Waals surface area contributed by atoms with Gasteiger partial charge in [-0.15, -0.1) is 0 Å². The highest BCUT2D eigenvalue weighted by atomic mass is 35.5. The molecule has 1 fully saturated rings. The summed E-state index contributed by atoms with van der Waals surface area (Å²) in [6.07, 6.45) is 7.88. The highest BCUT2D eigenvalue weighted by Crippen LogP contribution is 2.33. The molecule has 3 heterocycles. The Kier molecular flexibility index (Phi) is 5.36. The van der Waals surface area contributed by atoms with E-state index in [1.54, 1.807) is 21.6 Å². The smallest absolute Gasteiger partial charge is 0.242 e. The molecule has 4 rings (SSSR count). The van der Waals surface area contributed by atoms with E-state index < -0.39 is 12.3 Å².